The lowest BCUT2D eigenvalue weighted by Gasteiger charge is -2.36. The van der Waals surface area contributed by atoms with Crippen LogP contribution in [0.5, 0.6) is 0 Å². The lowest BCUT2D eigenvalue weighted by Crippen LogP contribution is -2.31. The zero-order valence-electron chi connectivity index (χ0n) is 8.54. The van der Waals surface area contributed by atoms with Gasteiger partial charge in [0.25, 0.3) is 0 Å². The van der Waals surface area contributed by atoms with Crippen molar-refractivity contribution in [1.82, 2.24) is 9.55 Å². The Morgan fingerprint density at radius 1 is 1.54 bits per heavy atom. The van der Waals surface area contributed by atoms with Crippen LogP contribution in [0, 0.1) is 5.41 Å². The van der Waals surface area contributed by atoms with Gasteiger partial charge in [-0.05, 0) is 11.8 Å². The molecular formula is C10H17N3. The van der Waals surface area contributed by atoms with E-state index in [-0.39, 0.29) is 0 Å². The first-order valence-corrected chi connectivity index (χ1v) is 4.85. The normalized spacial score (nSPS) is 22.2. The molecule has 0 spiro atoms. The molecule has 1 N–H and O–H groups in total. The molecule has 0 radical (unpaired) electrons. The van der Waals surface area contributed by atoms with Crippen LogP contribution in [0.3, 0.4) is 0 Å². The molecule has 1 unspecified atom stereocenters. The van der Waals surface area contributed by atoms with E-state index in [1.54, 1.807) is 0 Å². The molecule has 13 heavy (non-hydrogen) atoms. The highest BCUT2D eigenvalue weighted by atomic mass is 15.2. The van der Waals surface area contributed by atoms with Crippen LogP contribution >= 0.6 is 0 Å². The third kappa shape index (κ3) is 1.43. The van der Waals surface area contributed by atoms with E-state index >= 15 is 0 Å². The van der Waals surface area contributed by atoms with Crippen LogP contribution in [-0.4, -0.2) is 16.1 Å². The standard InChI is InChI=1S/C10H17N3/c1-10(2,3)8-4-5-12-9-6-11-7-13(8)9/h6-8,12H,4-5H2,1-3H3. The largest absolute Gasteiger partial charge is 0.370 e. The van der Waals surface area contributed by atoms with Gasteiger partial charge in [0.2, 0.25) is 0 Å². The van der Waals surface area contributed by atoms with Crippen LogP contribution < -0.4 is 5.32 Å². The maximum Gasteiger partial charge on any atom is 0.126 e. The molecule has 0 aromatic carbocycles. The van der Waals surface area contributed by atoms with Crippen molar-refractivity contribution in [2.45, 2.75) is 33.2 Å². The van der Waals surface area contributed by atoms with Gasteiger partial charge in [-0.15, -0.1) is 0 Å². The first-order chi connectivity index (χ1) is 6.09. The van der Waals surface area contributed by atoms with E-state index in [9.17, 15) is 0 Å². The second-order valence-corrected chi connectivity index (χ2v) is 4.78. The van der Waals surface area contributed by atoms with Gasteiger partial charge in [0, 0.05) is 12.6 Å². The van der Waals surface area contributed by atoms with Crippen LogP contribution in [0.25, 0.3) is 0 Å². The topological polar surface area (TPSA) is 29.9 Å². The Kier molecular flexibility index (Phi) is 1.82. The molecule has 0 saturated carbocycles. The Hall–Kier alpha value is -0.990. The van der Waals surface area contributed by atoms with Gasteiger partial charge in [-0.1, -0.05) is 20.8 Å². The minimum atomic E-state index is 0.317. The van der Waals surface area contributed by atoms with Crippen molar-refractivity contribution in [2.24, 2.45) is 5.41 Å². The summed E-state index contributed by atoms with van der Waals surface area (Å²) in [7, 11) is 0. The molecule has 0 bridgehead atoms. The van der Waals surface area contributed by atoms with Crippen molar-refractivity contribution >= 4 is 5.82 Å². The van der Waals surface area contributed by atoms with E-state index in [2.05, 4.69) is 35.6 Å². The van der Waals surface area contributed by atoms with Gasteiger partial charge in [-0.2, -0.15) is 0 Å². The van der Waals surface area contributed by atoms with Crippen LogP contribution in [-0.2, 0) is 0 Å². The van der Waals surface area contributed by atoms with Crippen molar-refractivity contribution in [3.05, 3.63) is 12.5 Å². The van der Waals surface area contributed by atoms with Crippen molar-refractivity contribution in [1.29, 1.82) is 0 Å². The van der Waals surface area contributed by atoms with Gasteiger partial charge < -0.3 is 9.88 Å². The number of hydrogen-bond donors (Lipinski definition) is 1. The van der Waals surface area contributed by atoms with Crippen LogP contribution in [0.4, 0.5) is 5.82 Å². The third-order valence-corrected chi connectivity index (χ3v) is 2.73. The number of fused-ring (bicyclic) bond motifs is 1. The fourth-order valence-corrected chi connectivity index (χ4v) is 2.02. The van der Waals surface area contributed by atoms with Crippen molar-refractivity contribution in [3.8, 4) is 0 Å². The van der Waals surface area contributed by atoms with E-state index in [1.807, 2.05) is 12.5 Å². The predicted octanol–water partition coefficient (Wildman–Crippen LogP) is 2.29. The first kappa shape index (κ1) is 8.60. The van der Waals surface area contributed by atoms with Gasteiger partial charge in [-0.3, -0.25) is 0 Å². The summed E-state index contributed by atoms with van der Waals surface area (Å²) < 4.78 is 2.25. The first-order valence-electron chi connectivity index (χ1n) is 4.85. The Morgan fingerprint density at radius 2 is 2.31 bits per heavy atom. The molecule has 1 aliphatic rings. The van der Waals surface area contributed by atoms with Gasteiger partial charge in [0.1, 0.15) is 5.82 Å². The highest BCUT2D eigenvalue weighted by Crippen LogP contribution is 2.37. The van der Waals surface area contributed by atoms with Gasteiger partial charge >= 0.3 is 0 Å². The molecule has 2 heterocycles. The highest BCUT2D eigenvalue weighted by Gasteiger charge is 2.29. The number of anilines is 1. The maximum absolute atomic E-state index is 4.17. The zero-order valence-corrected chi connectivity index (χ0v) is 8.54. The zero-order chi connectivity index (χ0) is 9.47. The molecule has 1 aromatic heterocycles. The van der Waals surface area contributed by atoms with Crippen LogP contribution in [0.2, 0.25) is 0 Å². The molecular weight excluding hydrogens is 162 g/mol. The summed E-state index contributed by atoms with van der Waals surface area (Å²) in [6.45, 7) is 7.92. The van der Waals surface area contributed by atoms with Crippen LogP contribution in [0.1, 0.15) is 33.2 Å². The SMILES string of the molecule is CC(C)(C)C1CCNc2cncn21. The smallest absolute Gasteiger partial charge is 0.126 e. The minimum absolute atomic E-state index is 0.317. The fraction of sp³-hybridized carbons (Fsp3) is 0.700. The predicted molar refractivity (Wildman–Crippen MR) is 53.8 cm³/mol. The Bertz CT molecular complexity index is 295. The summed E-state index contributed by atoms with van der Waals surface area (Å²) in [5, 5.41) is 3.35. The molecule has 2 rings (SSSR count). The number of nitrogens with one attached hydrogen (secondary N) is 1. The Balaban J connectivity index is 2.35. The van der Waals surface area contributed by atoms with E-state index < -0.39 is 0 Å². The molecule has 3 heteroatoms. The fourth-order valence-electron chi connectivity index (χ4n) is 2.02. The summed E-state index contributed by atoms with van der Waals surface area (Å²) in [6, 6.07) is 0.575. The van der Waals surface area contributed by atoms with Gasteiger partial charge in [-0.25, -0.2) is 4.98 Å². The number of rotatable bonds is 0. The van der Waals surface area contributed by atoms with Crippen molar-refractivity contribution in [3.63, 3.8) is 0 Å². The molecule has 1 atom stereocenters. The van der Waals surface area contributed by atoms with E-state index in [4.69, 9.17) is 0 Å². The third-order valence-electron chi connectivity index (χ3n) is 2.73. The summed E-state index contributed by atoms with van der Waals surface area (Å²) in [5.74, 6) is 1.16. The number of imidazole rings is 1. The molecule has 3 nitrogen and oxygen atoms in total. The number of aromatic nitrogens is 2. The van der Waals surface area contributed by atoms with Gasteiger partial charge in [0.15, 0.2) is 0 Å². The van der Waals surface area contributed by atoms with Crippen LogP contribution in [0.15, 0.2) is 12.5 Å². The monoisotopic (exact) mass is 179 g/mol. The maximum atomic E-state index is 4.17. The highest BCUT2D eigenvalue weighted by molar-refractivity contribution is 5.35. The number of hydrogen-bond acceptors (Lipinski definition) is 2. The lowest BCUT2D eigenvalue weighted by molar-refractivity contribution is 0.227. The second kappa shape index (κ2) is 2.76. The molecule has 0 fully saturated rings. The molecule has 0 saturated heterocycles. The summed E-state index contributed by atoms with van der Waals surface area (Å²) in [4.78, 5) is 4.17. The van der Waals surface area contributed by atoms with E-state index in [0.717, 1.165) is 12.4 Å². The summed E-state index contributed by atoms with van der Waals surface area (Å²) >= 11 is 0. The van der Waals surface area contributed by atoms with Crippen molar-refractivity contribution in [2.75, 3.05) is 11.9 Å². The lowest BCUT2D eigenvalue weighted by atomic mass is 9.84. The Labute approximate surface area is 79.2 Å². The average Bonchev–Trinajstić information content (AvgIpc) is 2.48. The molecule has 1 aliphatic heterocycles. The quantitative estimate of drug-likeness (QED) is 0.662. The summed E-state index contributed by atoms with van der Waals surface area (Å²) in [5.41, 5.74) is 0.317. The molecule has 0 amide bonds. The second-order valence-electron chi connectivity index (χ2n) is 4.78. The average molecular weight is 179 g/mol. The Morgan fingerprint density at radius 3 is 3.00 bits per heavy atom. The van der Waals surface area contributed by atoms with E-state index in [0.29, 0.717) is 11.5 Å². The summed E-state index contributed by atoms with van der Waals surface area (Å²) in [6.07, 6.45) is 5.02. The van der Waals surface area contributed by atoms with Crippen molar-refractivity contribution < 1.29 is 0 Å². The van der Waals surface area contributed by atoms with E-state index in [1.165, 1.54) is 6.42 Å². The molecule has 72 valence electrons. The number of nitrogens with zero attached hydrogens (tertiary/aromatic N) is 2. The van der Waals surface area contributed by atoms with Gasteiger partial charge in [0.05, 0.1) is 12.5 Å². The minimum Gasteiger partial charge on any atom is -0.370 e. The molecule has 1 aromatic rings. The molecule has 0 aliphatic carbocycles.